The van der Waals surface area contributed by atoms with Crippen molar-refractivity contribution in [1.29, 1.82) is 0 Å². The van der Waals surface area contributed by atoms with E-state index in [4.69, 9.17) is 16.0 Å². The molecule has 1 fully saturated rings. The Hall–Kier alpha value is -1.78. The van der Waals surface area contributed by atoms with Crippen molar-refractivity contribution in [3.63, 3.8) is 0 Å². The predicted octanol–water partition coefficient (Wildman–Crippen LogP) is 3.59. The Bertz CT molecular complexity index is 656. The average molecular weight is 334 g/mol. The molecule has 0 radical (unpaired) electrons. The summed E-state index contributed by atoms with van der Waals surface area (Å²) in [6.07, 6.45) is 3.54. The molecule has 1 N–H and O–H groups in total. The largest absolute Gasteiger partial charge is 0.467 e. The topological polar surface area (TPSA) is 53.7 Å². The highest BCUT2D eigenvalue weighted by atomic mass is 35.5. The van der Waals surface area contributed by atoms with E-state index >= 15 is 0 Å². The molecule has 2 aromatic rings. The first-order valence-corrected chi connectivity index (χ1v) is 8.27. The van der Waals surface area contributed by atoms with Gasteiger partial charge in [0.25, 0.3) is 0 Å². The van der Waals surface area contributed by atoms with Gasteiger partial charge in [-0.2, -0.15) is 0 Å². The smallest absolute Gasteiger partial charge is 0.227 e. The first-order chi connectivity index (χ1) is 11.1. The quantitative estimate of drug-likeness (QED) is 0.909. The second-order valence-corrected chi connectivity index (χ2v) is 6.33. The second-order valence-electron chi connectivity index (χ2n) is 5.92. The molecule has 23 heavy (non-hydrogen) atoms. The molecule has 1 aromatic heterocycles. The number of carbonyl (C=O) groups is 1. The molecule has 0 aliphatic carbocycles. The summed E-state index contributed by atoms with van der Waals surface area (Å²) in [5.41, 5.74) is 0.844. The molecule has 1 amide bonds. The number of carbonyl (C=O) groups excluding carboxylic acids is 1. The van der Waals surface area contributed by atoms with Crippen LogP contribution in [0.3, 0.4) is 0 Å². The standard InChI is InChI=1S/C18H20ClNO3/c19-15-7-2-1-5-13(15)11-18(22)20-9-3-6-14(20)12-16(21)17-8-4-10-23-17/h1-2,4-5,7-8,10,14,16,21H,3,6,9,11-12H2. The lowest BCUT2D eigenvalue weighted by atomic mass is 10.0. The van der Waals surface area contributed by atoms with Crippen LogP contribution in [0.25, 0.3) is 0 Å². The molecule has 2 atom stereocenters. The number of rotatable bonds is 5. The zero-order chi connectivity index (χ0) is 16.2. The zero-order valence-corrected chi connectivity index (χ0v) is 13.6. The summed E-state index contributed by atoms with van der Waals surface area (Å²) in [6.45, 7) is 0.735. The Morgan fingerprint density at radius 2 is 2.17 bits per heavy atom. The normalized spacial score (nSPS) is 19.0. The maximum absolute atomic E-state index is 12.6. The molecular formula is C18H20ClNO3. The first kappa shape index (κ1) is 16.1. The lowest BCUT2D eigenvalue weighted by Gasteiger charge is -2.26. The van der Waals surface area contributed by atoms with Gasteiger partial charge in [0.1, 0.15) is 11.9 Å². The minimum Gasteiger partial charge on any atom is -0.467 e. The van der Waals surface area contributed by atoms with Gasteiger partial charge < -0.3 is 14.4 Å². The molecule has 0 bridgehead atoms. The van der Waals surface area contributed by atoms with E-state index in [9.17, 15) is 9.90 Å². The Morgan fingerprint density at radius 3 is 2.91 bits per heavy atom. The third-order valence-corrected chi connectivity index (χ3v) is 4.73. The molecule has 2 heterocycles. The van der Waals surface area contributed by atoms with E-state index in [1.165, 1.54) is 0 Å². The van der Waals surface area contributed by atoms with Crippen LogP contribution in [0, 0.1) is 0 Å². The summed E-state index contributed by atoms with van der Waals surface area (Å²) >= 11 is 6.14. The Balaban J connectivity index is 1.64. The highest BCUT2D eigenvalue weighted by Crippen LogP contribution is 2.28. The fourth-order valence-corrected chi connectivity index (χ4v) is 3.37. The second kappa shape index (κ2) is 7.20. The van der Waals surface area contributed by atoms with Crippen LogP contribution in [0.2, 0.25) is 5.02 Å². The number of amides is 1. The van der Waals surface area contributed by atoms with Crippen LogP contribution < -0.4 is 0 Å². The summed E-state index contributed by atoms with van der Waals surface area (Å²) in [4.78, 5) is 14.5. The lowest BCUT2D eigenvalue weighted by Crippen LogP contribution is -2.37. The van der Waals surface area contributed by atoms with Crippen LogP contribution >= 0.6 is 11.6 Å². The summed E-state index contributed by atoms with van der Waals surface area (Å²) < 4.78 is 5.24. The maximum atomic E-state index is 12.6. The molecule has 1 aliphatic heterocycles. The molecule has 1 aromatic carbocycles. The lowest BCUT2D eigenvalue weighted by molar-refractivity contribution is -0.131. The van der Waals surface area contributed by atoms with Gasteiger partial charge in [0.15, 0.2) is 0 Å². The van der Waals surface area contributed by atoms with Crippen molar-refractivity contribution < 1.29 is 14.3 Å². The number of hydrogen-bond donors (Lipinski definition) is 1. The highest BCUT2D eigenvalue weighted by Gasteiger charge is 2.31. The van der Waals surface area contributed by atoms with Crippen LogP contribution in [0.15, 0.2) is 47.1 Å². The van der Waals surface area contributed by atoms with Crippen molar-refractivity contribution in [3.8, 4) is 0 Å². The van der Waals surface area contributed by atoms with Crippen molar-refractivity contribution in [2.45, 2.75) is 37.8 Å². The molecule has 5 heteroatoms. The molecular weight excluding hydrogens is 314 g/mol. The van der Waals surface area contributed by atoms with Gasteiger partial charge in [-0.1, -0.05) is 29.8 Å². The molecule has 1 aliphatic rings. The van der Waals surface area contributed by atoms with Crippen LogP contribution in [0.1, 0.15) is 36.7 Å². The number of aliphatic hydroxyl groups is 1. The summed E-state index contributed by atoms with van der Waals surface area (Å²) in [5.74, 6) is 0.614. The van der Waals surface area contributed by atoms with Crippen LogP contribution in [-0.4, -0.2) is 28.5 Å². The van der Waals surface area contributed by atoms with E-state index in [0.29, 0.717) is 23.6 Å². The Labute approximate surface area is 140 Å². The molecule has 4 nitrogen and oxygen atoms in total. The van der Waals surface area contributed by atoms with Gasteiger partial charge in [0.05, 0.1) is 12.7 Å². The van der Waals surface area contributed by atoms with Crippen molar-refractivity contribution in [2.24, 2.45) is 0 Å². The van der Waals surface area contributed by atoms with Gasteiger partial charge in [0, 0.05) is 24.0 Å². The van der Waals surface area contributed by atoms with Gasteiger partial charge in [0.2, 0.25) is 5.91 Å². The average Bonchev–Trinajstić information content (AvgIpc) is 3.20. The van der Waals surface area contributed by atoms with E-state index in [1.54, 1.807) is 24.5 Å². The van der Waals surface area contributed by atoms with E-state index < -0.39 is 6.10 Å². The minimum atomic E-state index is -0.677. The molecule has 3 rings (SSSR count). The van der Waals surface area contributed by atoms with E-state index in [-0.39, 0.29) is 11.9 Å². The SMILES string of the molecule is O=C(Cc1ccccc1Cl)N1CCCC1CC(O)c1ccco1. The maximum Gasteiger partial charge on any atom is 0.227 e. The van der Waals surface area contributed by atoms with Crippen molar-refractivity contribution in [2.75, 3.05) is 6.54 Å². The number of nitrogens with zero attached hydrogens (tertiary/aromatic N) is 1. The van der Waals surface area contributed by atoms with Gasteiger partial charge in [-0.15, -0.1) is 0 Å². The highest BCUT2D eigenvalue weighted by molar-refractivity contribution is 6.31. The van der Waals surface area contributed by atoms with E-state index in [2.05, 4.69) is 0 Å². The zero-order valence-electron chi connectivity index (χ0n) is 12.8. The van der Waals surface area contributed by atoms with Gasteiger partial charge in [-0.3, -0.25) is 4.79 Å². The Kier molecular flexibility index (Phi) is 5.03. The number of likely N-dealkylation sites (tertiary alicyclic amines) is 1. The molecule has 1 saturated heterocycles. The van der Waals surface area contributed by atoms with Crippen LogP contribution in [0.4, 0.5) is 0 Å². The monoisotopic (exact) mass is 333 g/mol. The van der Waals surface area contributed by atoms with E-state index in [1.807, 2.05) is 23.1 Å². The van der Waals surface area contributed by atoms with Crippen molar-refractivity contribution in [3.05, 3.63) is 59.0 Å². The minimum absolute atomic E-state index is 0.0464. The number of hydrogen-bond acceptors (Lipinski definition) is 3. The van der Waals surface area contributed by atoms with Crippen LogP contribution in [0.5, 0.6) is 0 Å². The van der Waals surface area contributed by atoms with Gasteiger partial charge >= 0.3 is 0 Å². The predicted molar refractivity (Wildman–Crippen MR) is 88.2 cm³/mol. The number of aliphatic hydroxyl groups excluding tert-OH is 1. The fraction of sp³-hybridized carbons (Fsp3) is 0.389. The number of furan rings is 1. The molecule has 122 valence electrons. The van der Waals surface area contributed by atoms with Gasteiger partial charge in [-0.25, -0.2) is 0 Å². The van der Waals surface area contributed by atoms with Crippen LogP contribution in [-0.2, 0) is 11.2 Å². The van der Waals surface area contributed by atoms with Gasteiger partial charge in [-0.05, 0) is 36.6 Å². The molecule has 0 saturated carbocycles. The Morgan fingerprint density at radius 1 is 1.35 bits per heavy atom. The third-order valence-electron chi connectivity index (χ3n) is 4.36. The van der Waals surface area contributed by atoms with Crippen molar-refractivity contribution in [1.82, 2.24) is 4.90 Å². The first-order valence-electron chi connectivity index (χ1n) is 7.89. The summed E-state index contributed by atoms with van der Waals surface area (Å²) in [7, 11) is 0. The third kappa shape index (κ3) is 3.77. The van der Waals surface area contributed by atoms with Crippen molar-refractivity contribution >= 4 is 17.5 Å². The summed E-state index contributed by atoms with van der Waals surface area (Å²) in [5, 5.41) is 10.9. The summed E-state index contributed by atoms with van der Waals surface area (Å²) in [6, 6.07) is 11.0. The molecule has 0 spiro atoms. The number of benzene rings is 1. The number of halogens is 1. The van der Waals surface area contributed by atoms with E-state index in [0.717, 1.165) is 24.9 Å². The molecule has 2 unspecified atom stereocenters. The fourth-order valence-electron chi connectivity index (χ4n) is 3.17.